The summed E-state index contributed by atoms with van der Waals surface area (Å²) in [7, 11) is 1.80. The summed E-state index contributed by atoms with van der Waals surface area (Å²) in [5, 5.41) is 14.3. The molecule has 96 valence electrons. The standard InChI is InChI=1S/C12H16N4O2/c1-15-5-13-11(16(17)18)12(15)14-10-8-6-2-3-7(4-6)9(8)10/h5-10,14H,2-4H2,1H3. The van der Waals surface area contributed by atoms with Crippen LogP contribution in [0.4, 0.5) is 11.6 Å². The lowest BCUT2D eigenvalue weighted by Gasteiger charge is -2.11. The van der Waals surface area contributed by atoms with Crippen molar-refractivity contribution in [3.05, 3.63) is 16.4 Å². The van der Waals surface area contributed by atoms with Crippen LogP contribution < -0.4 is 5.32 Å². The number of aryl methyl sites for hydroxylation is 1. The van der Waals surface area contributed by atoms with Gasteiger partial charge in [-0.25, -0.2) is 0 Å². The summed E-state index contributed by atoms with van der Waals surface area (Å²) in [4.78, 5) is 14.4. The molecule has 1 N–H and O–H groups in total. The number of hydrogen-bond acceptors (Lipinski definition) is 4. The molecule has 1 heterocycles. The minimum absolute atomic E-state index is 0.0465. The summed E-state index contributed by atoms with van der Waals surface area (Å²) in [6.45, 7) is 0. The Hall–Kier alpha value is -1.59. The van der Waals surface area contributed by atoms with Crippen LogP contribution in [0.2, 0.25) is 0 Å². The van der Waals surface area contributed by atoms with Gasteiger partial charge in [0.25, 0.3) is 0 Å². The topological polar surface area (TPSA) is 73.0 Å². The molecule has 18 heavy (non-hydrogen) atoms. The Morgan fingerprint density at radius 1 is 1.44 bits per heavy atom. The van der Waals surface area contributed by atoms with Gasteiger partial charge in [-0.1, -0.05) is 0 Å². The molecule has 3 saturated carbocycles. The van der Waals surface area contributed by atoms with E-state index in [4.69, 9.17) is 0 Å². The Balaban J connectivity index is 1.57. The number of nitrogens with zero attached hydrogens (tertiary/aromatic N) is 3. The molecule has 3 aliphatic rings. The van der Waals surface area contributed by atoms with Crippen molar-refractivity contribution in [2.75, 3.05) is 5.32 Å². The van der Waals surface area contributed by atoms with Crippen LogP contribution in [0.3, 0.4) is 0 Å². The number of imidazole rings is 1. The molecule has 3 fully saturated rings. The van der Waals surface area contributed by atoms with Crippen LogP contribution in [-0.2, 0) is 7.05 Å². The van der Waals surface area contributed by atoms with Gasteiger partial charge in [0.05, 0.1) is 0 Å². The van der Waals surface area contributed by atoms with E-state index in [1.54, 1.807) is 11.6 Å². The van der Waals surface area contributed by atoms with Crippen molar-refractivity contribution in [2.45, 2.75) is 25.3 Å². The first-order valence-electron chi connectivity index (χ1n) is 6.59. The quantitative estimate of drug-likeness (QED) is 0.653. The van der Waals surface area contributed by atoms with Crippen LogP contribution in [0.15, 0.2) is 6.33 Å². The third-order valence-corrected chi connectivity index (χ3v) is 5.13. The lowest BCUT2D eigenvalue weighted by atomic mass is 10.0. The molecule has 2 bridgehead atoms. The highest BCUT2D eigenvalue weighted by atomic mass is 16.6. The summed E-state index contributed by atoms with van der Waals surface area (Å²) >= 11 is 0. The van der Waals surface area contributed by atoms with Crippen LogP contribution in [0.5, 0.6) is 0 Å². The van der Waals surface area contributed by atoms with E-state index in [0.717, 1.165) is 23.7 Å². The Labute approximate surface area is 105 Å². The molecule has 4 atom stereocenters. The zero-order valence-corrected chi connectivity index (χ0v) is 10.2. The van der Waals surface area contributed by atoms with Crippen LogP contribution in [-0.4, -0.2) is 20.5 Å². The fraction of sp³-hybridized carbons (Fsp3) is 0.750. The van der Waals surface area contributed by atoms with Gasteiger partial charge in [-0.2, -0.15) is 0 Å². The first kappa shape index (κ1) is 10.3. The Morgan fingerprint density at radius 3 is 2.72 bits per heavy atom. The molecule has 1 aromatic heterocycles. The number of fused-ring (bicyclic) bond motifs is 5. The van der Waals surface area contributed by atoms with Crippen molar-refractivity contribution >= 4 is 11.6 Å². The zero-order chi connectivity index (χ0) is 12.4. The van der Waals surface area contributed by atoms with E-state index in [1.165, 1.54) is 25.6 Å². The molecule has 0 aromatic carbocycles. The molecule has 1 aromatic rings. The molecule has 6 nitrogen and oxygen atoms in total. The summed E-state index contributed by atoms with van der Waals surface area (Å²) < 4.78 is 1.72. The van der Waals surface area contributed by atoms with Gasteiger partial charge in [0.15, 0.2) is 0 Å². The first-order valence-corrected chi connectivity index (χ1v) is 6.59. The average Bonchev–Trinajstić information content (AvgIpc) is 2.70. The normalized spacial score (nSPS) is 39.7. The van der Waals surface area contributed by atoms with Gasteiger partial charge in [0.2, 0.25) is 12.1 Å². The SMILES string of the molecule is Cn1cnc([N+](=O)[O-])c1NC1C2C3CCC(C3)C12. The second-order valence-corrected chi connectivity index (χ2v) is 5.94. The average molecular weight is 248 g/mol. The fourth-order valence-electron chi connectivity index (χ4n) is 4.39. The third kappa shape index (κ3) is 1.20. The van der Waals surface area contributed by atoms with E-state index in [0.29, 0.717) is 11.9 Å². The number of aromatic nitrogens is 2. The van der Waals surface area contributed by atoms with E-state index in [-0.39, 0.29) is 5.82 Å². The first-order chi connectivity index (χ1) is 8.66. The van der Waals surface area contributed by atoms with Gasteiger partial charge in [0, 0.05) is 13.1 Å². The molecule has 3 aliphatic carbocycles. The molecule has 0 aliphatic heterocycles. The molecular weight excluding hydrogens is 232 g/mol. The molecule has 4 rings (SSSR count). The lowest BCUT2D eigenvalue weighted by Crippen LogP contribution is -2.15. The number of rotatable bonds is 3. The maximum atomic E-state index is 10.9. The van der Waals surface area contributed by atoms with Crippen molar-refractivity contribution in [1.82, 2.24) is 9.55 Å². The van der Waals surface area contributed by atoms with E-state index < -0.39 is 4.92 Å². The molecular formula is C12H16N4O2. The van der Waals surface area contributed by atoms with Crippen LogP contribution in [0, 0.1) is 33.8 Å². The van der Waals surface area contributed by atoms with E-state index >= 15 is 0 Å². The molecule has 6 heteroatoms. The summed E-state index contributed by atoms with van der Waals surface area (Å²) in [5.74, 6) is 3.78. The highest BCUT2D eigenvalue weighted by Gasteiger charge is 2.65. The minimum Gasteiger partial charge on any atom is -0.361 e. The molecule has 0 spiro atoms. The predicted molar refractivity (Wildman–Crippen MR) is 65.1 cm³/mol. The van der Waals surface area contributed by atoms with Crippen molar-refractivity contribution in [3.63, 3.8) is 0 Å². The van der Waals surface area contributed by atoms with Crippen LogP contribution >= 0.6 is 0 Å². The number of hydrogen-bond donors (Lipinski definition) is 1. The summed E-state index contributed by atoms with van der Waals surface area (Å²) in [5.41, 5.74) is 0. The third-order valence-electron chi connectivity index (χ3n) is 5.13. The van der Waals surface area contributed by atoms with Gasteiger partial charge >= 0.3 is 5.82 Å². The smallest absolute Gasteiger partial charge is 0.361 e. The number of anilines is 1. The molecule has 4 unspecified atom stereocenters. The van der Waals surface area contributed by atoms with Gasteiger partial charge < -0.3 is 15.4 Å². The van der Waals surface area contributed by atoms with E-state index in [9.17, 15) is 10.1 Å². The predicted octanol–water partition coefficient (Wildman–Crippen LogP) is 1.78. The molecule has 0 amide bonds. The second-order valence-electron chi connectivity index (χ2n) is 5.94. The summed E-state index contributed by atoms with van der Waals surface area (Å²) in [6, 6.07) is 0.449. The fourth-order valence-corrected chi connectivity index (χ4v) is 4.39. The number of nitrogens with one attached hydrogen (secondary N) is 1. The number of nitro groups is 1. The Bertz CT molecular complexity index is 510. The Morgan fingerprint density at radius 2 is 2.11 bits per heavy atom. The highest BCUT2D eigenvalue weighted by molar-refractivity contribution is 5.54. The summed E-state index contributed by atoms with van der Waals surface area (Å²) in [6.07, 6.45) is 5.61. The largest absolute Gasteiger partial charge is 0.406 e. The van der Waals surface area contributed by atoms with Crippen LogP contribution in [0.1, 0.15) is 19.3 Å². The van der Waals surface area contributed by atoms with Crippen molar-refractivity contribution in [2.24, 2.45) is 30.7 Å². The van der Waals surface area contributed by atoms with Gasteiger partial charge in [-0.05, 0) is 52.8 Å². The van der Waals surface area contributed by atoms with Crippen molar-refractivity contribution < 1.29 is 4.92 Å². The van der Waals surface area contributed by atoms with E-state index in [1.807, 2.05) is 0 Å². The maximum absolute atomic E-state index is 10.9. The second kappa shape index (κ2) is 3.24. The van der Waals surface area contributed by atoms with Gasteiger partial charge in [0.1, 0.15) is 0 Å². The van der Waals surface area contributed by atoms with Gasteiger partial charge in [-0.15, -0.1) is 0 Å². The lowest BCUT2D eigenvalue weighted by molar-refractivity contribution is -0.388. The molecule has 0 saturated heterocycles. The highest BCUT2D eigenvalue weighted by Crippen LogP contribution is 2.66. The van der Waals surface area contributed by atoms with Crippen molar-refractivity contribution in [3.8, 4) is 0 Å². The van der Waals surface area contributed by atoms with Crippen LogP contribution in [0.25, 0.3) is 0 Å². The monoisotopic (exact) mass is 248 g/mol. The molecule has 0 radical (unpaired) electrons. The van der Waals surface area contributed by atoms with Crippen molar-refractivity contribution in [1.29, 1.82) is 0 Å². The minimum atomic E-state index is -0.408. The Kier molecular flexibility index (Phi) is 1.86. The maximum Gasteiger partial charge on any atom is 0.406 e. The van der Waals surface area contributed by atoms with Gasteiger partial charge in [-0.3, -0.25) is 4.57 Å². The zero-order valence-electron chi connectivity index (χ0n) is 10.2. The van der Waals surface area contributed by atoms with E-state index in [2.05, 4.69) is 10.3 Å².